The first kappa shape index (κ1) is 7.09. The molecule has 0 amide bonds. The maximum Gasteiger partial charge on any atom is 0.226 e. The highest BCUT2D eigenvalue weighted by atomic mass is 19.1. The van der Waals surface area contributed by atoms with Crippen LogP contribution in [0.3, 0.4) is 0 Å². The number of rotatable bonds is 1. The van der Waals surface area contributed by atoms with Gasteiger partial charge in [0, 0.05) is 6.07 Å². The lowest BCUT2D eigenvalue weighted by atomic mass is 10.3. The van der Waals surface area contributed by atoms with Gasteiger partial charge in [-0.25, -0.2) is 4.39 Å². The Hall–Kier alpha value is -1.58. The molecule has 1 unspecified atom stereocenters. The summed E-state index contributed by atoms with van der Waals surface area (Å²) in [5.74, 6) is 0.00852. The number of carbonyl (C=O) groups is 1. The van der Waals surface area contributed by atoms with Crippen LogP contribution in [0.1, 0.15) is 0 Å². The molecule has 1 heterocycles. The fourth-order valence-electron chi connectivity index (χ4n) is 1.09. The van der Waals surface area contributed by atoms with Crippen molar-refractivity contribution in [2.75, 3.05) is 5.32 Å². The van der Waals surface area contributed by atoms with Gasteiger partial charge in [-0.15, -0.1) is 0 Å². The van der Waals surface area contributed by atoms with Crippen LogP contribution in [0.15, 0.2) is 18.2 Å². The topological polar surface area (TPSA) is 38.3 Å². The minimum Gasteiger partial charge on any atom is -0.461 e. The van der Waals surface area contributed by atoms with Crippen molar-refractivity contribution in [2.24, 2.45) is 0 Å². The van der Waals surface area contributed by atoms with Crippen LogP contribution in [0.25, 0.3) is 0 Å². The molecule has 2 rings (SSSR count). The summed E-state index contributed by atoms with van der Waals surface area (Å²) < 4.78 is 17.6. The molecule has 0 fully saturated rings. The Morgan fingerprint density at radius 3 is 3.17 bits per heavy atom. The van der Waals surface area contributed by atoms with Crippen LogP contribution < -0.4 is 10.1 Å². The molecule has 12 heavy (non-hydrogen) atoms. The second-order valence-electron chi connectivity index (χ2n) is 2.46. The minimum absolute atomic E-state index is 0.373. The van der Waals surface area contributed by atoms with Gasteiger partial charge in [-0.3, -0.25) is 4.79 Å². The highest BCUT2D eigenvalue weighted by Crippen LogP contribution is 2.31. The van der Waals surface area contributed by atoms with Gasteiger partial charge in [0.05, 0.1) is 5.69 Å². The highest BCUT2D eigenvalue weighted by molar-refractivity contribution is 5.70. The van der Waals surface area contributed by atoms with Gasteiger partial charge in [-0.05, 0) is 12.1 Å². The van der Waals surface area contributed by atoms with Gasteiger partial charge >= 0.3 is 0 Å². The lowest BCUT2D eigenvalue weighted by Gasteiger charge is -1.99. The molecule has 62 valence electrons. The summed E-state index contributed by atoms with van der Waals surface area (Å²) >= 11 is 0. The Bertz CT molecular complexity index is 327. The molecule has 0 radical (unpaired) electrons. The number of hydrogen-bond donors (Lipinski definition) is 1. The Labute approximate surface area is 68.1 Å². The summed E-state index contributed by atoms with van der Waals surface area (Å²) in [4.78, 5) is 10.3. The molecule has 1 aromatic rings. The molecule has 0 saturated carbocycles. The molecular formula is C8H6FNO2. The van der Waals surface area contributed by atoms with Crippen molar-refractivity contribution in [3.05, 3.63) is 24.0 Å². The van der Waals surface area contributed by atoms with Gasteiger partial charge in [0.2, 0.25) is 6.23 Å². The van der Waals surface area contributed by atoms with Gasteiger partial charge in [0.25, 0.3) is 0 Å². The fraction of sp³-hybridized carbons (Fsp3) is 0.125. The lowest BCUT2D eigenvalue weighted by molar-refractivity contribution is -0.112. The van der Waals surface area contributed by atoms with Gasteiger partial charge < -0.3 is 10.1 Å². The predicted octanol–water partition coefficient (Wildman–Crippen LogP) is 1.16. The van der Waals surface area contributed by atoms with Crippen LogP contribution in [-0.4, -0.2) is 12.5 Å². The summed E-state index contributed by atoms with van der Waals surface area (Å²) in [6.45, 7) is 0. The molecule has 0 spiro atoms. The first-order valence-electron chi connectivity index (χ1n) is 3.47. The molecule has 1 aliphatic heterocycles. The molecule has 4 heteroatoms. The van der Waals surface area contributed by atoms with Crippen molar-refractivity contribution in [3.63, 3.8) is 0 Å². The molecule has 3 nitrogen and oxygen atoms in total. The third-order valence-electron chi connectivity index (χ3n) is 1.62. The van der Waals surface area contributed by atoms with Gasteiger partial charge in [0.15, 0.2) is 6.29 Å². The van der Waals surface area contributed by atoms with E-state index in [0.29, 0.717) is 17.7 Å². The SMILES string of the molecule is O=CC1Nc2ccc(F)cc2O1. The van der Waals surface area contributed by atoms with Crippen molar-refractivity contribution in [2.45, 2.75) is 6.23 Å². The monoisotopic (exact) mass is 167 g/mol. The standard InChI is InChI=1S/C8H6FNO2/c9-5-1-2-6-7(3-5)12-8(4-11)10-6/h1-4,8,10H. The second kappa shape index (κ2) is 2.48. The zero-order valence-corrected chi connectivity index (χ0v) is 6.08. The van der Waals surface area contributed by atoms with Gasteiger partial charge in [0.1, 0.15) is 11.6 Å². The van der Waals surface area contributed by atoms with Crippen LogP contribution in [-0.2, 0) is 4.79 Å². The third kappa shape index (κ3) is 1.01. The van der Waals surface area contributed by atoms with Crippen LogP contribution in [0.5, 0.6) is 5.75 Å². The van der Waals surface area contributed by atoms with Crippen molar-refractivity contribution in [1.29, 1.82) is 0 Å². The van der Waals surface area contributed by atoms with E-state index in [1.807, 2.05) is 0 Å². The van der Waals surface area contributed by atoms with Gasteiger partial charge in [-0.2, -0.15) is 0 Å². The van der Waals surface area contributed by atoms with Crippen LogP contribution in [0.4, 0.5) is 10.1 Å². The van der Waals surface area contributed by atoms with E-state index in [1.54, 1.807) is 0 Å². The summed E-state index contributed by atoms with van der Waals surface area (Å²) in [6.07, 6.45) is -0.0560. The van der Waals surface area contributed by atoms with Crippen molar-refractivity contribution >= 4 is 12.0 Å². The number of hydrogen-bond acceptors (Lipinski definition) is 3. The Morgan fingerprint density at radius 1 is 1.58 bits per heavy atom. The smallest absolute Gasteiger partial charge is 0.226 e. The van der Waals surface area contributed by atoms with Crippen molar-refractivity contribution < 1.29 is 13.9 Å². The normalized spacial score (nSPS) is 19.2. The molecule has 1 aromatic carbocycles. The summed E-state index contributed by atoms with van der Waals surface area (Å²) in [5, 5.41) is 2.75. The van der Waals surface area contributed by atoms with E-state index in [0.717, 1.165) is 0 Å². The molecule has 1 atom stereocenters. The maximum atomic E-state index is 12.6. The molecule has 1 N–H and O–H groups in total. The van der Waals surface area contributed by atoms with E-state index >= 15 is 0 Å². The average Bonchev–Trinajstić information content (AvgIpc) is 2.46. The Balaban J connectivity index is 2.35. The Morgan fingerprint density at radius 2 is 2.42 bits per heavy atom. The number of fused-ring (bicyclic) bond motifs is 1. The zero-order valence-electron chi connectivity index (χ0n) is 6.08. The predicted molar refractivity (Wildman–Crippen MR) is 40.5 cm³/mol. The molecule has 0 aliphatic carbocycles. The van der Waals surface area contributed by atoms with Crippen molar-refractivity contribution in [3.8, 4) is 5.75 Å². The van der Waals surface area contributed by atoms with E-state index in [1.165, 1.54) is 18.2 Å². The molecule has 0 saturated heterocycles. The summed E-state index contributed by atoms with van der Waals surface area (Å²) in [6, 6.07) is 4.09. The quantitative estimate of drug-likeness (QED) is 0.637. The number of carbonyl (C=O) groups excluding carboxylic acids is 1. The lowest BCUT2D eigenvalue weighted by Crippen LogP contribution is -2.20. The maximum absolute atomic E-state index is 12.6. The molecule has 0 aromatic heterocycles. The number of benzene rings is 1. The van der Waals surface area contributed by atoms with Gasteiger partial charge in [-0.1, -0.05) is 0 Å². The second-order valence-corrected chi connectivity index (χ2v) is 2.46. The van der Waals surface area contributed by atoms with Crippen LogP contribution >= 0.6 is 0 Å². The van der Waals surface area contributed by atoms with E-state index in [4.69, 9.17) is 4.74 Å². The number of anilines is 1. The van der Waals surface area contributed by atoms with Crippen molar-refractivity contribution in [1.82, 2.24) is 0 Å². The van der Waals surface area contributed by atoms with E-state index in [-0.39, 0.29) is 5.82 Å². The largest absolute Gasteiger partial charge is 0.461 e. The first-order valence-corrected chi connectivity index (χ1v) is 3.47. The molecule has 1 aliphatic rings. The van der Waals surface area contributed by atoms with E-state index in [9.17, 15) is 9.18 Å². The number of aldehydes is 1. The third-order valence-corrected chi connectivity index (χ3v) is 1.62. The van der Waals surface area contributed by atoms with Crippen LogP contribution in [0.2, 0.25) is 0 Å². The minimum atomic E-state index is -0.679. The summed E-state index contributed by atoms with van der Waals surface area (Å²) in [7, 11) is 0. The van der Waals surface area contributed by atoms with Crippen LogP contribution in [0, 0.1) is 5.82 Å². The number of halogens is 1. The number of ether oxygens (including phenoxy) is 1. The highest BCUT2D eigenvalue weighted by Gasteiger charge is 2.20. The summed E-state index contributed by atoms with van der Waals surface area (Å²) in [5.41, 5.74) is 0.647. The van der Waals surface area contributed by atoms with E-state index in [2.05, 4.69) is 5.32 Å². The Kier molecular flexibility index (Phi) is 1.46. The fourth-order valence-corrected chi connectivity index (χ4v) is 1.09. The molecule has 0 bridgehead atoms. The number of nitrogens with one attached hydrogen (secondary N) is 1. The zero-order chi connectivity index (χ0) is 8.55. The molecular weight excluding hydrogens is 161 g/mol. The average molecular weight is 167 g/mol. The first-order chi connectivity index (χ1) is 5.79. The van der Waals surface area contributed by atoms with E-state index < -0.39 is 6.23 Å².